The van der Waals surface area contributed by atoms with Crippen LogP contribution in [0, 0.1) is 6.92 Å². The van der Waals surface area contributed by atoms with E-state index < -0.39 is 5.91 Å². The Bertz CT molecular complexity index is 1200. The first-order chi connectivity index (χ1) is 14.8. The van der Waals surface area contributed by atoms with E-state index in [1.165, 1.54) is 4.90 Å². The minimum atomic E-state index is -0.396. The van der Waals surface area contributed by atoms with Crippen LogP contribution >= 0.6 is 11.6 Å². The third-order valence-electron chi connectivity index (χ3n) is 5.11. The summed E-state index contributed by atoms with van der Waals surface area (Å²) in [5.74, 6) is -0.772. The Labute approximate surface area is 186 Å². The summed E-state index contributed by atoms with van der Waals surface area (Å²) >= 11 is 6.04. The van der Waals surface area contributed by atoms with Gasteiger partial charge in [-0.25, -0.2) is 4.90 Å². The Hall–Kier alpha value is -3.57. The van der Waals surface area contributed by atoms with Crippen LogP contribution in [0.4, 0.5) is 17.1 Å². The van der Waals surface area contributed by atoms with Gasteiger partial charge in [0.1, 0.15) is 5.70 Å². The second kappa shape index (κ2) is 8.28. The van der Waals surface area contributed by atoms with Gasteiger partial charge >= 0.3 is 0 Å². The molecule has 0 atom stereocenters. The Morgan fingerprint density at radius 1 is 0.871 bits per heavy atom. The number of amides is 2. The van der Waals surface area contributed by atoms with E-state index in [9.17, 15) is 9.59 Å². The van der Waals surface area contributed by atoms with Crippen LogP contribution in [0.15, 0.2) is 78.5 Å². The van der Waals surface area contributed by atoms with Gasteiger partial charge in [0.05, 0.1) is 11.3 Å². The highest BCUT2D eigenvalue weighted by molar-refractivity contribution is 6.46. The molecule has 0 unspecified atom stereocenters. The molecule has 2 amide bonds. The summed E-state index contributed by atoms with van der Waals surface area (Å²) < 4.78 is 0. The number of hydrogen-bond donors (Lipinski definition) is 1. The lowest BCUT2D eigenvalue weighted by Crippen LogP contribution is -2.32. The Kier molecular flexibility index (Phi) is 5.53. The van der Waals surface area contributed by atoms with Crippen molar-refractivity contribution >= 4 is 46.1 Å². The van der Waals surface area contributed by atoms with E-state index in [0.717, 1.165) is 16.9 Å². The van der Waals surface area contributed by atoms with E-state index in [4.69, 9.17) is 11.6 Å². The summed E-state index contributed by atoms with van der Waals surface area (Å²) in [6.07, 6.45) is 0. The summed E-state index contributed by atoms with van der Waals surface area (Å²) in [5, 5.41) is 3.75. The fraction of sp³-hybridized carbons (Fsp3) is 0.120. The molecule has 1 heterocycles. The van der Waals surface area contributed by atoms with E-state index in [0.29, 0.717) is 21.8 Å². The number of halogens is 1. The van der Waals surface area contributed by atoms with Crippen molar-refractivity contribution in [3.8, 4) is 0 Å². The molecule has 3 aromatic carbocycles. The summed E-state index contributed by atoms with van der Waals surface area (Å²) in [6.45, 7) is 1.97. The molecule has 0 fully saturated rings. The van der Waals surface area contributed by atoms with Crippen LogP contribution in [0.25, 0.3) is 5.57 Å². The second-order valence-electron chi connectivity index (χ2n) is 7.61. The first kappa shape index (κ1) is 20.7. The van der Waals surface area contributed by atoms with Crippen molar-refractivity contribution in [3.63, 3.8) is 0 Å². The number of imide groups is 1. The van der Waals surface area contributed by atoms with Crippen molar-refractivity contribution in [2.24, 2.45) is 0 Å². The highest BCUT2D eigenvalue weighted by Gasteiger charge is 2.40. The summed E-state index contributed by atoms with van der Waals surface area (Å²) in [6, 6.07) is 21.9. The molecule has 0 spiro atoms. The van der Waals surface area contributed by atoms with Crippen LogP contribution in [0.5, 0.6) is 0 Å². The molecule has 6 heteroatoms. The molecule has 1 N–H and O–H groups in total. The van der Waals surface area contributed by atoms with Crippen molar-refractivity contribution < 1.29 is 9.59 Å². The second-order valence-corrected chi connectivity index (χ2v) is 8.05. The van der Waals surface area contributed by atoms with Crippen LogP contribution < -0.4 is 15.1 Å². The number of carbonyl (C=O) groups excluding carboxylic acids is 2. The van der Waals surface area contributed by atoms with E-state index in [1.807, 2.05) is 68.4 Å². The third-order valence-corrected chi connectivity index (χ3v) is 5.36. The monoisotopic (exact) mass is 431 g/mol. The topological polar surface area (TPSA) is 52.7 Å². The molecular weight excluding hydrogens is 410 g/mol. The van der Waals surface area contributed by atoms with E-state index >= 15 is 0 Å². The van der Waals surface area contributed by atoms with Gasteiger partial charge in [0.25, 0.3) is 11.8 Å². The Balaban J connectivity index is 1.82. The molecule has 4 rings (SSSR count). The van der Waals surface area contributed by atoms with Crippen molar-refractivity contribution in [2.75, 3.05) is 29.2 Å². The summed E-state index contributed by atoms with van der Waals surface area (Å²) in [4.78, 5) is 30.1. The molecule has 0 aromatic heterocycles. The molecule has 0 aliphatic carbocycles. The van der Waals surface area contributed by atoms with Gasteiger partial charge in [-0.05, 0) is 60.5 Å². The number of aryl methyl sites for hydroxylation is 1. The molecule has 1 aliphatic rings. The standard InChI is InChI=1S/C25H22ClN3O2/c1-16-6-4-7-19(14-16)27-23-22(17-10-12-18(26)13-11-17)24(30)29(25(23)31)21-9-5-8-20(15-21)28(2)3/h4-15,27H,1-3H3. The molecule has 31 heavy (non-hydrogen) atoms. The zero-order valence-electron chi connectivity index (χ0n) is 17.5. The third kappa shape index (κ3) is 4.05. The number of anilines is 3. The smallest absolute Gasteiger partial charge is 0.282 e. The zero-order chi connectivity index (χ0) is 22.1. The molecule has 5 nitrogen and oxygen atoms in total. The minimum absolute atomic E-state index is 0.244. The van der Waals surface area contributed by atoms with Crippen molar-refractivity contribution in [3.05, 3.63) is 94.6 Å². The van der Waals surface area contributed by atoms with Crippen molar-refractivity contribution in [2.45, 2.75) is 6.92 Å². The first-order valence-electron chi connectivity index (χ1n) is 9.85. The number of benzene rings is 3. The molecule has 3 aromatic rings. The van der Waals surface area contributed by atoms with Gasteiger partial charge in [0, 0.05) is 30.5 Å². The van der Waals surface area contributed by atoms with Gasteiger partial charge in [-0.3, -0.25) is 9.59 Å². The maximum absolute atomic E-state index is 13.5. The molecule has 0 saturated carbocycles. The number of nitrogens with one attached hydrogen (secondary N) is 1. The van der Waals surface area contributed by atoms with Crippen LogP contribution in [0.1, 0.15) is 11.1 Å². The normalized spacial score (nSPS) is 13.7. The molecule has 0 bridgehead atoms. The average molecular weight is 432 g/mol. The largest absolute Gasteiger partial charge is 0.378 e. The number of carbonyl (C=O) groups is 2. The highest BCUT2D eigenvalue weighted by atomic mass is 35.5. The zero-order valence-corrected chi connectivity index (χ0v) is 18.3. The lowest BCUT2D eigenvalue weighted by molar-refractivity contribution is -0.120. The van der Waals surface area contributed by atoms with Gasteiger partial charge < -0.3 is 10.2 Å². The minimum Gasteiger partial charge on any atom is -0.378 e. The summed E-state index contributed by atoms with van der Waals surface area (Å²) in [7, 11) is 3.82. The number of nitrogens with zero attached hydrogens (tertiary/aromatic N) is 2. The van der Waals surface area contributed by atoms with Gasteiger partial charge in [0.2, 0.25) is 0 Å². The summed E-state index contributed by atoms with van der Waals surface area (Å²) in [5.41, 5.74) is 4.40. The van der Waals surface area contributed by atoms with Gasteiger partial charge in [0.15, 0.2) is 0 Å². The maximum Gasteiger partial charge on any atom is 0.282 e. The number of hydrogen-bond acceptors (Lipinski definition) is 4. The van der Waals surface area contributed by atoms with Crippen LogP contribution in [0.2, 0.25) is 5.02 Å². The van der Waals surface area contributed by atoms with Crippen molar-refractivity contribution in [1.82, 2.24) is 0 Å². The van der Waals surface area contributed by atoms with E-state index in [-0.39, 0.29) is 11.6 Å². The first-order valence-corrected chi connectivity index (χ1v) is 10.2. The fourth-order valence-electron chi connectivity index (χ4n) is 3.54. The molecule has 0 saturated heterocycles. The fourth-order valence-corrected chi connectivity index (χ4v) is 3.67. The van der Waals surface area contributed by atoms with Crippen LogP contribution in [-0.4, -0.2) is 25.9 Å². The maximum atomic E-state index is 13.5. The van der Waals surface area contributed by atoms with Gasteiger partial charge in [-0.15, -0.1) is 0 Å². The van der Waals surface area contributed by atoms with Crippen LogP contribution in [0.3, 0.4) is 0 Å². The predicted octanol–water partition coefficient (Wildman–Crippen LogP) is 5.11. The van der Waals surface area contributed by atoms with Crippen molar-refractivity contribution in [1.29, 1.82) is 0 Å². The average Bonchev–Trinajstić information content (AvgIpc) is 2.98. The molecule has 1 aliphatic heterocycles. The van der Waals surface area contributed by atoms with Gasteiger partial charge in [-0.1, -0.05) is 41.9 Å². The highest BCUT2D eigenvalue weighted by Crippen LogP contribution is 2.35. The molecular formula is C25H22ClN3O2. The lowest BCUT2D eigenvalue weighted by atomic mass is 10.0. The predicted molar refractivity (Wildman–Crippen MR) is 126 cm³/mol. The molecule has 0 radical (unpaired) electrons. The quantitative estimate of drug-likeness (QED) is 0.570. The molecule has 156 valence electrons. The SMILES string of the molecule is Cc1cccc(NC2=C(c3ccc(Cl)cc3)C(=O)N(c3cccc(N(C)C)c3)C2=O)c1. The van der Waals surface area contributed by atoms with E-state index in [1.54, 1.807) is 30.3 Å². The van der Waals surface area contributed by atoms with Gasteiger partial charge in [-0.2, -0.15) is 0 Å². The Morgan fingerprint density at radius 3 is 2.26 bits per heavy atom. The Morgan fingerprint density at radius 2 is 1.58 bits per heavy atom. The van der Waals surface area contributed by atoms with Crippen LogP contribution in [-0.2, 0) is 9.59 Å². The lowest BCUT2D eigenvalue weighted by Gasteiger charge is -2.19. The van der Waals surface area contributed by atoms with E-state index in [2.05, 4.69) is 5.32 Å². The number of rotatable bonds is 5.